The maximum absolute atomic E-state index is 13.4. The topological polar surface area (TPSA) is 12.0 Å². The van der Waals surface area contributed by atoms with Crippen LogP contribution in [0.2, 0.25) is 0 Å². The molecule has 1 unspecified atom stereocenters. The minimum atomic E-state index is -4.56. The van der Waals surface area contributed by atoms with Crippen LogP contribution in [-0.4, -0.2) is 0 Å². The molecular weight excluding hydrogens is 306 g/mol. The first-order valence-electron chi connectivity index (χ1n) is 8.05. The molecule has 1 aliphatic carbocycles. The summed E-state index contributed by atoms with van der Waals surface area (Å²) in [5.41, 5.74) is 0.0204. The van der Waals surface area contributed by atoms with Crippen LogP contribution in [-0.2, 0) is 6.18 Å². The van der Waals surface area contributed by atoms with Crippen LogP contribution in [0, 0.1) is 17.2 Å². The fourth-order valence-electron chi connectivity index (χ4n) is 3.61. The first-order valence-corrected chi connectivity index (χ1v) is 8.05. The monoisotopic (exact) mass is 329 g/mol. The Morgan fingerprint density at radius 3 is 2.35 bits per heavy atom. The van der Waals surface area contributed by atoms with E-state index in [2.05, 4.69) is 25.7 Å². The Bertz CT molecular complexity index is 571. The average molecular weight is 329 g/mol. The summed E-state index contributed by atoms with van der Waals surface area (Å²) in [5, 5.41) is 2.89. The van der Waals surface area contributed by atoms with E-state index in [9.17, 15) is 17.6 Å². The number of nitrogens with one attached hydrogen (secondary N) is 1. The minimum absolute atomic E-state index is 0.108. The SMILES string of the molecule is C=C(Nc1cc(F)cc(C(F)(F)F)c1)C1CC1(CCC)CCC. The Labute approximate surface area is 134 Å². The number of allylic oxidation sites excluding steroid dienone is 1. The highest BCUT2D eigenvalue weighted by molar-refractivity contribution is 5.52. The zero-order valence-corrected chi connectivity index (χ0v) is 13.6. The van der Waals surface area contributed by atoms with E-state index in [1.807, 2.05) is 0 Å². The third-order valence-corrected chi connectivity index (χ3v) is 4.64. The standard InChI is InChI=1S/C18H23F4N/c1-4-6-17(7-5-2)11-16(17)12(3)23-15-9-13(18(20,21)22)8-14(19)10-15/h8-10,16,23H,3-7,11H2,1-2H3. The van der Waals surface area contributed by atoms with Gasteiger partial charge in [-0.3, -0.25) is 0 Å². The Morgan fingerprint density at radius 1 is 1.22 bits per heavy atom. The van der Waals surface area contributed by atoms with Crippen molar-refractivity contribution in [3.8, 4) is 0 Å². The molecule has 0 heterocycles. The van der Waals surface area contributed by atoms with Crippen LogP contribution in [0.1, 0.15) is 51.5 Å². The summed E-state index contributed by atoms with van der Waals surface area (Å²) in [4.78, 5) is 0. The first-order chi connectivity index (χ1) is 10.7. The summed E-state index contributed by atoms with van der Waals surface area (Å²) < 4.78 is 51.7. The number of halogens is 4. The maximum Gasteiger partial charge on any atom is 0.416 e. The molecule has 1 nitrogen and oxygen atoms in total. The third kappa shape index (κ3) is 4.06. The van der Waals surface area contributed by atoms with Gasteiger partial charge in [-0.2, -0.15) is 13.2 Å². The predicted molar refractivity (Wildman–Crippen MR) is 84.5 cm³/mol. The van der Waals surface area contributed by atoms with Gasteiger partial charge in [0, 0.05) is 17.3 Å². The normalized spacial score (nSPS) is 19.5. The van der Waals surface area contributed by atoms with Crippen LogP contribution in [0.4, 0.5) is 23.2 Å². The molecule has 1 N–H and O–H groups in total. The second kappa shape index (κ2) is 6.54. The molecule has 1 aliphatic rings. The van der Waals surface area contributed by atoms with Gasteiger partial charge in [0.25, 0.3) is 0 Å². The van der Waals surface area contributed by atoms with Crippen molar-refractivity contribution in [2.45, 2.75) is 52.1 Å². The molecule has 0 aliphatic heterocycles. The lowest BCUT2D eigenvalue weighted by molar-refractivity contribution is -0.137. The first kappa shape index (κ1) is 17.8. The number of benzene rings is 1. The molecule has 0 amide bonds. The van der Waals surface area contributed by atoms with E-state index >= 15 is 0 Å². The van der Waals surface area contributed by atoms with Crippen LogP contribution in [0.5, 0.6) is 0 Å². The summed E-state index contributed by atoms with van der Waals surface area (Å²) in [5.74, 6) is -0.653. The van der Waals surface area contributed by atoms with Gasteiger partial charge < -0.3 is 5.32 Å². The lowest BCUT2D eigenvalue weighted by Crippen LogP contribution is -2.11. The summed E-state index contributed by atoms with van der Waals surface area (Å²) in [6.45, 7) is 8.24. The molecule has 1 fully saturated rings. The largest absolute Gasteiger partial charge is 0.416 e. The molecule has 23 heavy (non-hydrogen) atoms. The van der Waals surface area contributed by atoms with Crippen molar-refractivity contribution in [3.05, 3.63) is 41.9 Å². The quantitative estimate of drug-likeness (QED) is 0.573. The lowest BCUT2D eigenvalue weighted by Gasteiger charge is -2.18. The molecule has 0 bridgehead atoms. The van der Waals surface area contributed by atoms with E-state index in [-0.39, 0.29) is 17.0 Å². The van der Waals surface area contributed by atoms with Crippen molar-refractivity contribution < 1.29 is 17.6 Å². The Kier molecular flexibility index (Phi) is 5.07. The van der Waals surface area contributed by atoms with Gasteiger partial charge in [0.15, 0.2) is 0 Å². The molecule has 1 aromatic rings. The molecule has 1 aromatic carbocycles. The minimum Gasteiger partial charge on any atom is -0.359 e. The van der Waals surface area contributed by atoms with E-state index in [1.54, 1.807) is 0 Å². The third-order valence-electron chi connectivity index (χ3n) is 4.64. The zero-order chi connectivity index (χ0) is 17.3. The van der Waals surface area contributed by atoms with Gasteiger partial charge in [-0.1, -0.05) is 33.3 Å². The summed E-state index contributed by atoms with van der Waals surface area (Å²) >= 11 is 0. The maximum atomic E-state index is 13.4. The molecule has 5 heteroatoms. The highest BCUT2D eigenvalue weighted by Gasteiger charge is 2.53. The fraction of sp³-hybridized carbons (Fsp3) is 0.556. The highest BCUT2D eigenvalue weighted by Crippen LogP contribution is 2.61. The second-order valence-electron chi connectivity index (χ2n) is 6.50. The van der Waals surface area contributed by atoms with Gasteiger partial charge in [-0.15, -0.1) is 0 Å². The van der Waals surface area contributed by atoms with E-state index in [1.165, 1.54) is 0 Å². The van der Waals surface area contributed by atoms with E-state index in [4.69, 9.17) is 0 Å². The van der Waals surface area contributed by atoms with Crippen molar-refractivity contribution in [1.82, 2.24) is 0 Å². The van der Waals surface area contributed by atoms with Crippen molar-refractivity contribution in [2.75, 3.05) is 5.32 Å². The van der Waals surface area contributed by atoms with Gasteiger partial charge in [-0.25, -0.2) is 4.39 Å². The fourth-order valence-corrected chi connectivity index (χ4v) is 3.61. The van der Waals surface area contributed by atoms with E-state index in [0.717, 1.165) is 44.2 Å². The molecule has 128 valence electrons. The molecular formula is C18H23F4N. The van der Waals surface area contributed by atoms with E-state index in [0.29, 0.717) is 11.8 Å². The van der Waals surface area contributed by atoms with Crippen molar-refractivity contribution in [1.29, 1.82) is 0 Å². The van der Waals surface area contributed by atoms with Crippen LogP contribution in [0.15, 0.2) is 30.5 Å². The van der Waals surface area contributed by atoms with Crippen molar-refractivity contribution in [2.24, 2.45) is 11.3 Å². The molecule has 1 saturated carbocycles. The van der Waals surface area contributed by atoms with Gasteiger partial charge in [0.05, 0.1) is 5.56 Å². The number of hydrogen-bond acceptors (Lipinski definition) is 1. The Hall–Kier alpha value is -1.52. The summed E-state index contributed by atoms with van der Waals surface area (Å²) in [7, 11) is 0. The van der Waals surface area contributed by atoms with Gasteiger partial charge >= 0.3 is 6.18 Å². The van der Waals surface area contributed by atoms with Gasteiger partial charge in [0.2, 0.25) is 0 Å². The van der Waals surface area contributed by atoms with Gasteiger partial charge in [-0.05, 0) is 42.9 Å². The summed E-state index contributed by atoms with van der Waals surface area (Å²) in [6.07, 6.45) is 0.756. The van der Waals surface area contributed by atoms with E-state index < -0.39 is 17.6 Å². The number of rotatable bonds is 7. The zero-order valence-electron chi connectivity index (χ0n) is 13.6. The van der Waals surface area contributed by atoms with Gasteiger partial charge in [0.1, 0.15) is 5.82 Å². The van der Waals surface area contributed by atoms with Crippen LogP contribution in [0.3, 0.4) is 0 Å². The van der Waals surface area contributed by atoms with Crippen molar-refractivity contribution >= 4 is 5.69 Å². The molecule has 2 rings (SSSR count). The van der Waals surface area contributed by atoms with Crippen LogP contribution < -0.4 is 5.32 Å². The lowest BCUT2D eigenvalue weighted by atomic mass is 9.91. The van der Waals surface area contributed by atoms with Crippen LogP contribution in [0.25, 0.3) is 0 Å². The molecule has 0 aromatic heterocycles. The molecule has 1 atom stereocenters. The highest BCUT2D eigenvalue weighted by atomic mass is 19.4. The number of anilines is 1. The predicted octanol–water partition coefficient (Wildman–Crippen LogP) is 6.38. The number of hydrogen-bond donors (Lipinski definition) is 1. The van der Waals surface area contributed by atoms with Crippen LogP contribution >= 0.6 is 0 Å². The Morgan fingerprint density at radius 2 is 1.83 bits per heavy atom. The average Bonchev–Trinajstić information content (AvgIpc) is 3.12. The Balaban J connectivity index is 2.11. The smallest absolute Gasteiger partial charge is 0.359 e. The molecule has 0 radical (unpaired) electrons. The number of alkyl halides is 3. The molecule has 0 spiro atoms. The summed E-state index contributed by atoms with van der Waals surface area (Å²) in [6, 6.07) is 2.51. The molecule has 0 saturated heterocycles. The van der Waals surface area contributed by atoms with Crippen molar-refractivity contribution in [3.63, 3.8) is 0 Å². The second-order valence-corrected chi connectivity index (χ2v) is 6.50.